The van der Waals surface area contributed by atoms with E-state index in [2.05, 4.69) is 19.2 Å². The number of hydrogen-bond donors (Lipinski definition) is 1. The van der Waals surface area contributed by atoms with Gasteiger partial charge in [-0.25, -0.2) is 12.7 Å². The third-order valence-electron chi connectivity index (χ3n) is 3.23. The van der Waals surface area contributed by atoms with E-state index >= 15 is 0 Å². The van der Waals surface area contributed by atoms with Gasteiger partial charge in [-0.05, 0) is 36.6 Å². The fourth-order valence-electron chi connectivity index (χ4n) is 1.79. The summed E-state index contributed by atoms with van der Waals surface area (Å²) in [5, 5.41) is 3.22. The molecule has 1 N–H and O–H groups in total. The topological polar surface area (TPSA) is 49.4 Å². The van der Waals surface area contributed by atoms with Crippen LogP contribution in [0.25, 0.3) is 0 Å². The number of hydrogen-bond acceptors (Lipinski definition) is 3. The molecule has 1 aromatic rings. The van der Waals surface area contributed by atoms with Crippen LogP contribution in [-0.4, -0.2) is 32.9 Å². The highest BCUT2D eigenvalue weighted by atomic mass is 32.2. The van der Waals surface area contributed by atoms with Gasteiger partial charge in [0, 0.05) is 20.1 Å². The van der Waals surface area contributed by atoms with Gasteiger partial charge in [-0.15, -0.1) is 0 Å². The zero-order valence-electron chi connectivity index (χ0n) is 12.9. The third-order valence-corrected chi connectivity index (χ3v) is 5.10. The molecule has 114 valence electrons. The van der Waals surface area contributed by atoms with E-state index in [0.717, 1.165) is 25.1 Å². The van der Waals surface area contributed by atoms with Gasteiger partial charge in [0.05, 0.1) is 4.90 Å². The van der Waals surface area contributed by atoms with Crippen LogP contribution in [0.1, 0.15) is 32.8 Å². The molecule has 0 bridgehead atoms. The summed E-state index contributed by atoms with van der Waals surface area (Å²) in [6, 6.07) is 7.11. The van der Waals surface area contributed by atoms with Crippen LogP contribution in [0.4, 0.5) is 0 Å². The Kier molecular flexibility index (Phi) is 6.65. The van der Waals surface area contributed by atoms with Crippen molar-refractivity contribution in [3.05, 3.63) is 29.8 Å². The smallest absolute Gasteiger partial charge is 0.242 e. The molecule has 0 aliphatic rings. The second-order valence-electron chi connectivity index (χ2n) is 5.43. The van der Waals surface area contributed by atoms with E-state index in [0.29, 0.717) is 17.4 Å². The summed E-state index contributed by atoms with van der Waals surface area (Å²) in [5.74, 6) is 0.496. The molecule has 0 unspecified atom stereocenters. The molecule has 0 amide bonds. The zero-order chi connectivity index (χ0) is 15.2. The molecule has 1 rings (SSSR count). The van der Waals surface area contributed by atoms with E-state index in [1.807, 2.05) is 19.1 Å². The summed E-state index contributed by atoms with van der Waals surface area (Å²) < 4.78 is 26.2. The molecule has 0 heterocycles. The lowest BCUT2D eigenvalue weighted by Crippen LogP contribution is -2.28. The van der Waals surface area contributed by atoms with E-state index in [4.69, 9.17) is 0 Å². The van der Waals surface area contributed by atoms with Gasteiger partial charge in [0.25, 0.3) is 0 Å². The van der Waals surface area contributed by atoms with Crippen LogP contribution in [0.5, 0.6) is 0 Å². The minimum atomic E-state index is -3.36. The minimum Gasteiger partial charge on any atom is -0.313 e. The average molecular weight is 298 g/mol. The van der Waals surface area contributed by atoms with E-state index in [-0.39, 0.29) is 0 Å². The van der Waals surface area contributed by atoms with Gasteiger partial charge in [0.1, 0.15) is 0 Å². The molecule has 4 nitrogen and oxygen atoms in total. The van der Waals surface area contributed by atoms with Crippen molar-refractivity contribution < 1.29 is 8.42 Å². The highest BCUT2D eigenvalue weighted by Gasteiger charge is 2.20. The van der Waals surface area contributed by atoms with Crippen LogP contribution in [-0.2, 0) is 16.6 Å². The quantitative estimate of drug-likeness (QED) is 0.802. The van der Waals surface area contributed by atoms with Crippen LogP contribution in [0.2, 0.25) is 0 Å². The highest BCUT2D eigenvalue weighted by Crippen LogP contribution is 2.16. The number of nitrogens with one attached hydrogen (secondary N) is 1. The molecule has 1 aromatic carbocycles. The first kappa shape index (κ1) is 17.1. The summed E-state index contributed by atoms with van der Waals surface area (Å²) in [7, 11) is -1.72. The Balaban J connectivity index is 2.76. The second kappa shape index (κ2) is 7.76. The molecule has 0 spiro atoms. The van der Waals surface area contributed by atoms with E-state index in [1.54, 1.807) is 19.2 Å². The first-order valence-corrected chi connectivity index (χ1v) is 8.58. The predicted molar refractivity (Wildman–Crippen MR) is 83.1 cm³/mol. The van der Waals surface area contributed by atoms with Crippen LogP contribution in [0.15, 0.2) is 29.2 Å². The summed E-state index contributed by atoms with van der Waals surface area (Å²) in [6.07, 6.45) is 0.869. The van der Waals surface area contributed by atoms with Gasteiger partial charge in [0.2, 0.25) is 10.0 Å². The Morgan fingerprint density at radius 1 is 1.20 bits per heavy atom. The molecule has 0 saturated carbocycles. The van der Waals surface area contributed by atoms with Crippen molar-refractivity contribution in [2.75, 3.05) is 20.1 Å². The first-order chi connectivity index (χ1) is 9.37. The van der Waals surface area contributed by atoms with Crippen molar-refractivity contribution in [3.63, 3.8) is 0 Å². The van der Waals surface area contributed by atoms with Crippen molar-refractivity contribution in [1.29, 1.82) is 0 Å². The van der Waals surface area contributed by atoms with Crippen molar-refractivity contribution >= 4 is 10.0 Å². The van der Waals surface area contributed by atoms with Crippen molar-refractivity contribution in [3.8, 4) is 0 Å². The standard InChI is InChI=1S/C15H26N2O2S/c1-5-16-12-14-6-8-15(9-7-14)20(18,19)17(4)11-10-13(2)3/h6-9,13,16H,5,10-12H2,1-4H3. The Morgan fingerprint density at radius 3 is 2.30 bits per heavy atom. The SMILES string of the molecule is CCNCc1ccc(S(=O)(=O)N(C)CCC(C)C)cc1. The maximum atomic E-state index is 12.4. The molecule has 0 radical (unpaired) electrons. The number of sulfonamides is 1. The number of rotatable bonds is 8. The lowest BCUT2D eigenvalue weighted by molar-refractivity contribution is 0.428. The maximum absolute atomic E-state index is 12.4. The van der Waals surface area contributed by atoms with Crippen molar-refractivity contribution in [1.82, 2.24) is 9.62 Å². The van der Waals surface area contributed by atoms with Gasteiger partial charge in [-0.2, -0.15) is 0 Å². The first-order valence-electron chi connectivity index (χ1n) is 7.14. The predicted octanol–water partition coefficient (Wildman–Crippen LogP) is 2.46. The van der Waals surface area contributed by atoms with Crippen LogP contribution in [0.3, 0.4) is 0 Å². The van der Waals surface area contributed by atoms with Crippen LogP contribution >= 0.6 is 0 Å². The van der Waals surface area contributed by atoms with E-state index in [9.17, 15) is 8.42 Å². The zero-order valence-corrected chi connectivity index (χ0v) is 13.7. The van der Waals surface area contributed by atoms with Crippen LogP contribution in [0, 0.1) is 5.92 Å². The molecule has 0 atom stereocenters. The Morgan fingerprint density at radius 2 is 1.80 bits per heavy atom. The monoisotopic (exact) mass is 298 g/mol. The fourth-order valence-corrected chi connectivity index (χ4v) is 2.97. The summed E-state index contributed by atoms with van der Waals surface area (Å²) >= 11 is 0. The van der Waals surface area contributed by atoms with Gasteiger partial charge in [-0.1, -0.05) is 32.9 Å². The molecule has 0 aromatic heterocycles. The van der Waals surface area contributed by atoms with Crippen molar-refractivity contribution in [2.45, 2.75) is 38.6 Å². The third kappa shape index (κ3) is 4.89. The van der Waals surface area contributed by atoms with E-state index < -0.39 is 10.0 Å². The second-order valence-corrected chi connectivity index (χ2v) is 7.48. The van der Waals surface area contributed by atoms with Gasteiger partial charge in [0.15, 0.2) is 0 Å². The average Bonchev–Trinajstić information content (AvgIpc) is 2.42. The molecule has 0 aliphatic carbocycles. The summed E-state index contributed by atoms with van der Waals surface area (Å²) in [6.45, 7) is 8.45. The molecular weight excluding hydrogens is 272 g/mol. The summed E-state index contributed by atoms with van der Waals surface area (Å²) in [5.41, 5.74) is 1.09. The molecule has 0 aliphatic heterocycles. The molecule has 0 fully saturated rings. The molecular formula is C15H26N2O2S. The van der Waals surface area contributed by atoms with E-state index in [1.165, 1.54) is 4.31 Å². The van der Waals surface area contributed by atoms with Crippen LogP contribution < -0.4 is 5.32 Å². The lowest BCUT2D eigenvalue weighted by atomic mass is 10.1. The Bertz CT molecular complexity index is 495. The minimum absolute atomic E-state index is 0.365. The Hall–Kier alpha value is -0.910. The molecule has 0 saturated heterocycles. The Labute approximate surface area is 123 Å². The highest BCUT2D eigenvalue weighted by molar-refractivity contribution is 7.89. The van der Waals surface area contributed by atoms with Crippen molar-refractivity contribution in [2.24, 2.45) is 5.92 Å². The molecule has 5 heteroatoms. The van der Waals surface area contributed by atoms with Gasteiger partial charge < -0.3 is 5.32 Å². The lowest BCUT2D eigenvalue weighted by Gasteiger charge is -2.18. The normalized spacial score (nSPS) is 12.3. The molecule has 20 heavy (non-hydrogen) atoms. The maximum Gasteiger partial charge on any atom is 0.242 e. The number of benzene rings is 1. The number of nitrogens with zero attached hydrogens (tertiary/aromatic N) is 1. The van der Waals surface area contributed by atoms with Gasteiger partial charge in [-0.3, -0.25) is 0 Å². The fraction of sp³-hybridized carbons (Fsp3) is 0.600. The summed E-state index contributed by atoms with van der Waals surface area (Å²) in [4.78, 5) is 0.365. The largest absolute Gasteiger partial charge is 0.313 e. The van der Waals surface area contributed by atoms with Gasteiger partial charge >= 0.3 is 0 Å².